The normalized spacial score (nSPS) is 25.0. The Morgan fingerprint density at radius 3 is 2.56 bits per heavy atom. The van der Waals surface area contributed by atoms with Crippen molar-refractivity contribution in [2.75, 3.05) is 6.79 Å². The summed E-state index contributed by atoms with van der Waals surface area (Å²) >= 11 is 0. The summed E-state index contributed by atoms with van der Waals surface area (Å²) in [4.78, 5) is 12.0. The molecule has 27 heavy (non-hydrogen) atoms. The summed E-state index contributed by atoms with van der Waals surface area (Å²) in [5.74, 6) is -0.216. The van der Waals surface area contributed by atoms with Crippen LogP contribution in [0.3, 0.4) is 0 Å². The van der Waals surface area contributed by atoms with Gasteiger partial charge in [0, 0.05) is 0 Å². The SMILES string of the molecule is CCCC1CCC(OCOc2ccc3c(c2F)OC(=O)C(CCC)C3)CC1. The summed E-state index contributed by atoms with van der Waals surface area (Å²) < 4.78 is 31.2. The van der Waals surface area contributed by atoms with Crippen LogP contribution in [0, 0.1) is 17.7 Å². The number of ether oxygens (including phenoxy) is 3. The zero-order chi connectivity index (χ0) is 19.2. The third-order valence-corrected chi connectivity index (χ3v) is 5.79. The highest BCUT2D eigenvalue weighted by atomic mass is 19.1. The molecule has 1 aliphatic carbocycles. The van der Waals surface area contributed by atoms with E-state index in [-0.39, 0.29) is 36.3 Å². The van der Waals surface area contributed by atoms with Gasteiger partial charge in [0.05, 0.1) is 12.0 Å². The molecule has 1 aliphatic heterocycles. The van der Waals surface area contributed by atoms with Crippen molar-refractivity contribution in [2.24, 2.45) is 11.8 Å². The average molecular weight is 378 g/mol. The summed E-state index contributed by atoms with van der Waals surface area (Å²) in [5, 5.41) is 0. The Morgan fingerprint density at radius 1 is 1.11 bits per heavy atom. The standard InChI is InChI=1S/C22H31FO4/c1-3-5-15-7-10-18(11-8-15)25-14-26-19-12-9-16-13-17(6-4-2)22(24)27-21(16)20(19)23/h9,12,15,17-18H,3-8,10-11,13-14H2,1-2H3. The number of fused-ring (bicyclic) bond motifs is 1. The fourth-order valence-electron chi connectivity index (χ4n) is 4.25. The first-order valence-corrected chi connectivity index (χ1v) is 10.4. The number of rotatable bonds is 8. The second-order valence-corrected chi connectivity index (χ2v) is 7.84. The van der Waals surface area contributed by atoms with Crippen molar-refractivity contribution >= 4 is 5.97 Å². The van der Waals surface area contributed by atoms with Crippen LogP contribution in [0.4, 0.5) is 4.39 Å². The monoisotopic (exact) mass is 378 g/mol. The van der Waals surface area contributed by atoms with Crippen LogP contribution in [-0.4, -0.2) is 18.9 Å². The van der Waals surface area contributed by atoms with Crippen LogP contribution < -0.4 is 9.47 Å². The molecule has 0 spiro atoms. The molecule has 5 heteroatoms. The molecule has 1 atom stereocenters. The topological polar surface area (TPSA) is 44.8 Å². The van der Waals surface area contributed by atoms with Gasteiger partial charge in [-0.1, -0.05) is 39.2 Å². The van der Waals surface area contributed by atoms with Gasteiger partial charge in [-0.3, -0.25) is 4.79 Å². The van der Waals surface area contributed by atoms with Gasteiger partial charge in [-0.05, 0) is 56.1 Å². The molecule has 1 aromatic rings. The molecule has 1 fully saturated rings. The fraction of sp³-hybridized carbons (Fsp3) is 0.682. The third kappa shape index (κ3) is 5.01. The van der Waals surface area contributed by atoms with Gasteiger partial charge in [0.1, 0.15) is 0 Å². The fourth-order valence-corrected chi connectivity index (χ4v) is 4.25. The first-order valence-electron chi connectivity index (χ1n) is 10.4. The molecule has 1 heterocycles. The van der Waals surface area contributed by atoms with Crippen LogP contribution >= 0.6 is 0 Å². The molecule has 0 amide bonds. The molecule has 3 rings (SSSR count). The lowest BCUT2D eigenvalue weighted by molar-refractivity contribution is -0.140. The van der Waals surface area contributed by atoms with Gasteiger partial charge in [0.2, 0.25) is 5.82 Å². The summed E-state index contributed by atoms with van der Waals surface area (Å²) in [6.07, 6.45) is 9.36. The molecule has 0 saturated heterocycles. The number of hydrogen-bond acceptors (Lipinski definition) is 4. The van der Waals surface area contributed by atoms with Gasteiger partial charge in [-0.2, -0.15) is 4.39 Å². The highest BCUT2D eigenvalue weighted by molar-refractivity contribution is 5.78. The molecule has 2 aliphatic rings. The summed E-state index contributed by atoms with van der Waals surface area (Å²) in [5.41, 5.74) is 0.730. The van der Waals surface area contributed by atoms with Crippen molar-refractivity contribution in [1.82, 2.24) is 0 Å². The summed E-state index contributed by atoms with van der Waals surface area (Å²) in [6, 6.07) is 3.40. The zero-order valence-electron chi connectivity index (χ0n) is 16.5. The lowest BCUT2D eigenvalue weighted by Gasteiger charge is -2.28. The van der Waals surface area contributed by atoms with Crippen molar-refractivity contribution in [3.8, 4) is 11.5 Å². The van der Waals surface area contributed by atoms with E-state index in [1.165, 1.54) is 25.7 Å². The van der Waals surface area contributed by atoms with Crippen LogP contribution in [0.5, 0.6) is 11.5 Å². The Labute approximate surface area is 161 Å². The van der Waals surface area contributed by atoms with Gasteiger partial charge in [0.15, 0.2) is 18.3 Å². The highest BCUT2D eigenvalue weighted by Crippen LogP contribution is 2.37. The predicted octanol–water partition coefficient (Wildman–Crippen LogP) is 5.42. The van der Waals surface area contributed by atoms with Crippen molar-refractivity contribution < 1.29 is 23.4 Å². The quantitative estimate of drug-likeness (QED) is 0.344. The van der Waals surface area contributed by atoms with E-state index < -0.39 is 5.82 Å². The van der Waals surface area contributed by atoms with E-state index in [1.807, 2.05) is 6.92 Å². The molecule has 1 aromatic carbocycles. The minimum Gasteiger partial charge on any atom is -0.464 e. The number of benzene rings is 1. The number of carbonyl (C=O) groups excluding carboxylic acids is 1. The molecule has 0 radical (unpaired) electrons. The number of halogens is 1. The lowest BCUT2D eigenvalue weighted by Crippen LogP contribution is -2.28. The molecular formula is C22H31FO4. The van der Waals surface area contributed by atoms with Crippen LogP contribution in [0.2, 0.25) is 0 Å². The maximum atomic E-state index is 14.7. The Hall–Kier alpha value is -1.62. The Balaban J connectivity index is 1.52. The molecule has 1 unspecified atom stereocenters. The minimum atomic E-state index is -0.606. The summed E-state index contributed by atoms with van der Waals surface area (Å²) in [7, 11) is 0. The lowest BCUT2D eigenvalue weighted by atomic mass is 9.85. The van der Waals surface area contributed by atoms with Crippen molar-refractivity contribution in [3.05, 3.63) is 23.5 Å². The average Bonchev–Trinajstić information content (AvgIpc) is 2.67. The first-order chi connectivity index (χ1) is 13.1. The van der Waals surface area contributed by atoms with Crippen LogP contribution in [0.25, 0.3) is 0 Å². The van der Waals surface area contributed by atoms with E-state index in [1.54, 1.807) is 12.1 Å². The van der Waals surface area contributed by atoms with E-state index in [0.29, 0.717) is 6.42 Å². The van der Waals surface area contributed by atoms with Gasteiger partial charge < -0.3 is 14.2 Å². The second-order valence-electron chi connectivity index (χ2n) is 7.84. The van der Waals surface area contributed by atoms with Gasteiger partial charge in [-0.15, -0.1) is 0 Å². The van der Waals surface area contributed by atoms with Crippen LogP contribution in [-0.2, 0) is 16.0 Å². The Bertz CT molecular complexity index is 637. The Morgan fingerprint density at radius 2 is 1.85 bits per heavy atom. The van der Waals surface area contributed by atoms with E-state index in [2.05, 4.69) is 6.92 Å². The van der Waals surface area contributed by atoms with Gasteiger partial charge in [-0.25, -0.2) is 0 Å². The van der Waals surface area contributed by atoms with Gasteiger partial charge >= 0.3 is 5.97 Å². The summed E-state index contributed by atoms with van der Waals surface area (Å²) in [6.45, 7) is 4.27. The molecular weight excluding hydrogens is 347 g/mol. The maximum absolute atomic E-state index is 14.7. The smallest absolute Gasteiger partial charge is 0.314 e. The zero-order valence-corrected chi connectivity index (χ0v) is 16.5. The van der Waals surface area contributed by atoms with Gasteiger partial charge in [0.25, 0.3) is 0 Å². The molecule has 0 aromatic heterocycles. The minimum absolute atomic E-state index is 0.0185. The van der Waals surface area contributed by atoms with Crippen LogP contribution in [0.15, 0.2) is 12.1 Å². The highest BCUT2D eigenvalue weighted by Gasteiger charge is 2.31. The van der Waals surface area contributed by atoms with E-state index >= 15 is 0 Å². The molecule has 0 bridgehead atoms. The number of esters is 1. The first kappa shape index (κ1) is 20.1. The molecule has 150 valence electrons. The predicted molar refractivity (Wildman–Crippen MR) is 101 cm³/mol. The third-order valence-electron chi connectivity index (χ3n) is 5.79. The maximum Gasteiger partial charge on any atom is 0.314 e. The number of carbonyl (C=O) groups is 1. The molecule has 1 saturated carbocycles. The van der Waals surface area contributed by atoms with Crippen LogP contribution in [0.1, 0.15) is 70.8 Å². The van der Waals surface area contributed by atoms with Crippen molar-refractivity contribution in [3.63, 3.8) is 0 Å². The van der Waals surface area contributed by atoms with Crippen molar-refractivity contribution in [1.29, 1.82) is 0 Å². The largest absolute Gasteiger partial charge is 0.464 e. The molecule has 0 N–H and O–H groups in total. The molecule has 4 nitrogen and oxygen atoms in total. The van der Waals surface area contributed by atoms with E-state index in [0.717, 1.165) is 37.2 Å². The Kier molecular flexibility index (Phi) is 7.11. The van der Waals surface area contributed by atoms with Crippen molar-refractivity contribution in [2.45, 2.75) is 77.7 Å². The van der Waals surface area contributed by atoms with E-state index in [4.69, 9.17) is 14.2 Å². The van der Waals surface area contributed by atoms with E-state index in [9.17, 15) is 9.18 Å². The second kappa shape index (κ2) is 9.54. The number of hydrogen-bond donors (Lipinski definition) is 0.